The van der Waals surface area contributed by atoms with E-state index in [0.29, 0.717) is 22.2 Å². The van der Waals surface area contributed by atoms with Crippen LogP contribution in [0.2, 0.25) is 10.0 Å². The quantitative estimate of drug-likeness (QED) is 0.322. The first kappa shape index (κ1) is 27.0. The van der Waals surface area contributed by atoms with E-state index in [1.54, 1.807) is 35.2 Å². The van der Waals surface area contributed by atoms with E-state index in [1.807, 2.05) is 48.5 Å². The Balaban J connectivity index is 1.62. The molecule has 1 fully saturated rings. The van der Waals surface area contributed by atoms with Gasteiger partial charge in [-0.2, -0.15) is 0 Å². The first-order valence-corrected chi connectivity index (χ1v) is 13.5. The summed E-state index contributed by atoms with van der Waals surface area (Å²) < 4.78 is 5.79. The molecule has 7 heteroatoms. The number of carbonyl (C=O) groups excluding carboxylic acids is 2. The molecule has 5 nitrogen and oxygen atoms in total. The molecule has 3 aromatic rings. The standard InChI is InChI=1S/C30H32Cl2N2O3/c31-25-16-8-7-13-23(25)20-34(29(35)21-37-28-18-10-9-17-26(28)32)27(19-22-11-3-1-4-12-22)30(36)33-24-14-5-2-6-15-24/h1,3-4,7-13,16-18,24,27H,2,5-6,14-15,19-21H2,(H,33,36)/t27-/m0/s1. The topological polar surface area (TPSA) is 58.6 Å². The molecule has 1 N–H and O–H groups in total. The lowest BCUT2D eigenvalue weighted by molar-refractivity contribution is -0.143. The van der Waals surface area contributed by atoms with Crippen LogP contribution in [0, 0.1) is 0 Å². The molecular formula is C30H32Cl2N2O3. The number of benzene rings is 3. The van der Waals surface area contributed by atoms with E-state index in [1.165, 1.54) is 6.42 Å². The van der Waals surface area contributed by atoms with Crippen LogP contribution in [0.25, 0.3) is 0 Å². The smallest absolute Gasteiger partial charge is 0.261 e. The van der Waals surface area contributed by atoms with E-state index in [2.05, 4.69) is 5.32 Å². The molecule has 0 aliphatic heterocycles. The van der Waals surface area contributed by atoms with Crippen LogP contribution in [0.3, 0.4) is 0 Å². The highest BCUT2D eigenvalue weighted by molar-refractivity contribution is 6.32. The van der Waals surface area contributed by atoms with Crippen molar-refractivity contribution in [3.63, 3.8) is 0 Å². The largest absolute Gasteiger partial charge is 0.482 e. The van der Waals surface area contributed by atoms with E-state index < -0.39 is 6.04 Å². The van der Waals surface area contributed by atoms with Crippen LogP contribution in [0.15, 0.2) is 78.9 Å². The minimum Gasteiger partial charge on any atom is -0.482 e. The fourth-order valence-corrected chi connectivity index (χ4v) is 5.08. The Labute approximate surface area is 228 Å². The third-order valence-corrected chi connectivity index (χ3v) is 7.39. The predicted octanol–water partition coefficient (Wildman–Crippen LogP) is 6.46. The number of amides is 2. The number of ether oxygens (including phenoxy) is 1. The minimum atomic E-state index is -0.733. The maximum atomic E-state index is 13.8. The number of rotatable bonds is 10. The van der Waals surface area contributed by atoms with Crippen molar-refractivity contribution in [2.75, 3.05) is 6.61 Å². The highest BCUT2D eigenvalue weighted by atomic mass is 35.5. The van der Waals surface area contributed by atoms with Gasteiger partial charge in [-0.15, -0.1) is 0 Å². The highest BCUT2D eigenvalue weighted by Gasteiger charge is 2.32. The second kappa shape index (κ2) is 13.5. The Morgan fingerprint density at radius 1 is 0.865 bits per heavy atom. The maximum absolute atomic E-state index is 13.8. The minimum absolute atomic E-state index is 0.121. The van der Waals surface area contributed by atoms with Gasteiger partial charge < -0.3 is 15.0 Å². The molecule has 0 saturated heterocycles. The third-order valence-electron chi connectivity index (χ3n) is 6.71. The van der Waals surface area contributed by atoms with Crippen LogP contribution in [-0.4, -0.2) is 35.4 Å². The second-order valence-electron chi connectivity index (χ2n) is 9.38. The van der Waals surface area contributed by atoms with Gasteiger partial charge in [0.25, 0.3) is 5.91 Å². The van der Waals surface area contributed by atoms with Gasteiger partial charge in [0.15, 0.2) is 6.61 Å². The van der Waals surface area contributed by atoms with Crippen molar-refractivity contribution >= 4 is 35.0 Å². The zero-order chi connectivity index (χ0) is 26.0. The summed E-state index contributed by atoms with van der Waals surface area (Å²) in [5.41, 5.74) is 1.73. The molecule has 194 valence electrons. The van der Waals surface area contributed by atoms with Crippen LogP contribution in [0.5, 0.6) is 5.75 Å². The molecule has 0 heterocycles. The fourth-order valence-electron chi connectivity index (χ4n) is 4.69. The molecule has 0 radical (unpaired) electrons. The third kappa shape index (κ3) is 7.73. The maximum Gasteiger partial charge on any atom is 0.261 e. The van der Waals surface area contributed by atoms with Crippen molar-refractivity contribution in [1.29, 1.82) is 0 Å². The summed E-state index contributed by atoms with van der Waals surface area (Å²) in [6.07, 6.45) is 5.68. The van der Waals surface area contributed by atoms with Crippen molar-refractivity contribution in [3.05, 3.63) is 100 Å². The first-order chi connectivity index (χ1) is 18.0. The molecule has 1 saturated carbocycles. The molecule has 0 spiro atoms. The molecule has 37 heavy (non-hydrogen) atoms. The van der Waals surface area contributed by atoms with E-state index in [-0.39, 0.29) is 31.0 Å². The Hall–Kier alpha value is -3.02. The molecular weight excluding hydrogens is 507 g/mol. The van der Waals surface area contributed by atoms with E-state index in [9.17, 15) is 9.59 Å². The van der Waals surface area contributed by atoms with Crippen LogP contribution in [-0.2, 0) is 22.6 Å². The van der Waals surface area contributed by atoms with E-state index in [0.717, 1.165) is 36.8 Å². The summed E-state index contributed by atoms with van der Waals surface area (Å²) in [5, 5.41) is 4.19. The van der Waals surface area contributed by atoms with Gasteiger partial charge in [0.05, 0.1) is 5.02 Å². The molecule has 1 aliphatic rings. The molecule has 1 aliphatic carbocycles. The summed E-state index contributed by atoms with van der Waals surface area (Å²) in [4.78, 5) is 29.1. The van der Waals surface area contributed by atoms with Crippen molar-refractivity contribution in [1.82, 2.24) is 10.2 Å². The number of carbonyl (C=O) groups is 2. The summed E-state index contributed by atoms with van der Waals surface area (Å²) in [6, 6.07) is 23.5. The Morgan fingerprint density at radius 2 is 1.51 bits per heavy atom. The molecule has 0 aromatic heterocycles. The van der Waals surface area contributed by atoms with Gasteiger partial charge in [-0.3, -0.25) is 9.59 Å². The summed E-state index contributed by atoms with van der Waals surface area (Å²) in [5.74, 6) is -0.0602. The molecule has 0 bridgehead atoms. The molecule has 1 atom stereocenters. The van der Waals surface area contributed by atoms with Gasteiger partial charge >= 0.3 is 0 Å². The molecule has 3 aromatic carbocycles. The first-order valence-electron chi connectivity index (χ1n) is 12.8. The number of nitrogens with zero attached hydrogens (tertiary/aromatic N) is 1. The van der Waals surface area contributed by atoms with Gasteiger partial charge in [0, 0.05) is 24.0 Å². The van der Waals surface area contributed by atoms with Crippen molar-refractivity contribution in [2.45, 2.75) is 57.2 Å². The van der Waals surface area contributed by atoms with Crippen molar-refractivity contribution < 1.29 is 14.3 Å². The summed E-state index contributed by atoms with van der Waals surface area (Å²) in [6.45, 7) is -0.0733. The average molecular weight is 540 g/mol. The second-order valence-corrected chi connectivity index (χ2v) is 10.2. The lowest BCUT2D eigenvalue weighted by atomic mass is 9.94. The monoisotopic (exact) mass is 538 g/mol. The summed E-state index contributed by atoms with van der Waals surface area (Å²) >= 11 is 12.7. The van der Waals surface area contributed by atoms with Gasteiger partial charge in [-0.25, -0.2) is 0 Å². The van der Waals surface area contributed by atoms with Crippen LogP contribution >= 0.6 is 23.2 Å². The van der Waals surface area contributed by atoms with Crippen molar-refractivity contribution in [3.8, 4) is 5.75 Å². The van der Waals surface area contributed by atoms with Gasteiger partial charge in [0.2, 0.25) is 5.91 Å². The lowest BCUT2D eigenvalue weighted by Crippen LogP contribution is -2.53. The van der Waals surface area contributed by atoms with E-state index >= 15 is 0 Å². The number of hydrogen-bond acceptors (Lipinski definition) is 3. The fraction of sp³-hybridized carbons (Fsp3) is 0.333. The van der Waals surface area contributed by atoms with Crippen LogP contribution < -0.4 is 10.1 Å². The molecule has 0 unspecified atom stereocenters. The van der Waals surface area contributed by atoms with E-state index in [4.69, 9.17) is 27.9 Å². The normalized spacial score (nSPS) is 14.5. The Bertz CT molecular complexity index is 1180. The SMILES string of the molecule is O=C(NC1CCCCC1)[C@H](Cc1ccccc1)N(Cc1ccccc1Cl)C(=O)COc1ccccc1Cl. The number of halogens is 2. The zero-order valence-electron chi connectivity index (χ0n) is 20.7. The van der Waals surface area contributed by atoms with Crippen LogP contribution in [0.1, 0.15) is 43.2 Å². The molecule has 2 amide bonds. The highest BCUT2D eigenvalue weighted by Crippen LogP contribution is 2.25. The summed E-state index contributed by atoms with van der Waals surface area (Å²) in [7, 11) is 0. The Morgan fingerprint density at radius 3 is 2.22 bits per heavy atom. The number of hydrogen-bond donors (Lipinski definition) is 1. The predicted molar refractivity (Wildman–Crippen MR) is 148 cm³/mol. The lowest BCUT2D eigenvalue weighted by Gasteiger charge is -2.33. The van der Waals surface area contributed by atoms with Gasteiger partial charge in [-0.05, 0) is 42.2 Å². The number of para-hydroxylation sites is 1. The number of nitrogens with one attached hydrogen (secondary N) is 1. The molecule has 4 rings (SSSR count). The average Bonchev–Trinajstić information content (AvgIpc) is 2.92. The van der Waals surface area contributed by atoms with Crippen molar-refractivity contribution in [2.24, 2.45) is 0 Å². The van der Waals surface area contributed by atoms with Crippen LogP contribution in [0.4, 0.5) is 0 Å². The zero-order valence-corrected chi connectivity index (χ0v) is 22.3. The van der Waals surface area contributed by atoms with Gasteiger partial charge in [-0.1, -0.05) is 103 Å². The van der Waals surface area contributed by atoms with Gasteiger partial charge in [0.1, 0.15) is 11.8 Å². The Kier molecular flexibility index (Phi) is 9.86.